The van der Waals surface area contributed by atoms with Gasteiger partial charge in [-0.25, -0.2) is 4.39 Å². The van der Waals surface area contributed by atoms with Crippen LogP contribution in [0.3, 0.4) is 0 Å². The average molecular weight is 280 g/mol. The molecule has 1 saturated heterocycles. The van der Waals surface area contributed by atoms with Crippen LogP contribution in [0, 0.1) is 5.82 Å². The summed E-state index contributed by atoms with van der Waals surface area (Å²) in [5.41, 5.74) is 0.803. The fourth-order valence-corrected chi connectivity index (χ4v) is 2.58. The van der Waals surface area contributed by atoms with E-state index in [4.69, 9.17) is 10.0 Å². The quantitative estimate of drug-likeness (QED) is 0.747. The Labute approximate surface area is 120 Å². The molecule has 4 nitrogen and oxygen atoms in total. The van der Waals surface area contributed by atoms with Crippen LogP contribution in [0.15, 0.2) is 18.2 Å². The highest BCUT2D eigenvalue weighted by atomic mass is 19.1. The molecule has 0 radical (unpaired) electrons. The largest absolute Gasteiger partial charge is 0.488 e. The summed E-state index contributed by atoms with van der Waals surface area (Å²) in [7, 11) is -1.61. The molecule has 6 heteroatoms. The van der Waals surface area contributed by atoms with Crippen LogP contribution in [0.5, 0.6) is 0 Å². The van der Waals surface area contributed by atoms with Gasteiger partial charge in [-0.3, -0.25) is 4.90 Å². The first-order valence-corrected chi connectivity index (χ1v) is 7.19. The zero-order chi connectivity index (χ0) is 14.5. The van der Waals surface area contributed by atoms with Crippen LogP contribution in [0.25, 0.3) is 0 Å². The van der Waals surface area contributed by atoms with Gasteiger partial charge in [0.25, 0.3) is 0 Å². The van der Waals surface area contributed by atoms with E-state index in [2.05, 4.69) is 16.7 Å². The monoisotopic (exact) mass is 280 g/mol. The molecule has 1 aromatic rings. The molecule has 1 aliphatic heterocycles. The number of hydrogen-bond acceptors (Lipinski definition) is 4. The van der Waals surface area contributed by atoms with Crippen LogP contribution in [-0.2, 0) is 6.54 Å². The van der Waals surface area contributed by atoms with Gasteiger partial charge < -0.3 is 14.9 Å². The number of nitrogens with zero attached hydrogens (tertiary/aromatic N) is 2. The third-order valence-corrected chi connectivity index (χ3v) is 3.77. The maximum absolute atomic E-state index is 13.9. The van der Waals surface area contributed by atoms with Crippen molar-refractivity contribution in [3.05, 3.63) is 29.6 Å². The van der Waals surface area contributed by atoms with Gasteiger partial charge in [0, 0.05) is 38.3 Å². The lowest BCUT2D eigenvalue weighted by atomic mass is 9.80. The Balaban J connectivity index is 1.91. The molecular formula is C14H22BFN2O2. The maximum Gasteiger partial charge on any atom is 0.488 e. The third-order valence-electron chi connectivity index (χ3n) is 3.77. The van der Waals surface area contributed by atoms with Crippen LogP contribution >= 0.6 is 0 Å². The number of halogens is 1. The molecule has 2 N–H and O–H groups in total. The van der Waals surface area contributed by atoms with E-state index in [1.54, 1.807) is 12.1 Å². The molecule has 0 spiro atoms. The lowest BCUT2D eigenvalue weighted by Gasteiger charge is -2.34. The Hall–Kier alpha value is -0.945. The van der Waals surface area contributed by atoms with Crippen LogP contribution in [0.4, 0.5) is 4.39 Å². The molecule has 0 aromatic heterocycles. The van der Waals surface area contributed by atoms with Crippen LogP contribution < -0.4 is 5.46 Å². The zero-order valence-electron chi connectivity index (χ0n) is 11.9. The van der Waals surface area contributed by atoms with E-state index in [0.717, 1.165) is 32.7 Å². The zero-order valence-corrected chi connectivity index (χ0v) is 11.9. The third kappa shape index (κ3) is 4.02. The van der Waals surface area contributed by atoms with Crippen LogP contribution in [0.2, 0.25) is 0 Å². The maximum atomic E-state index is 13.9. The second-order valence-corrected chi connectivity index (χ2v) is 5.34. The minimum Gasteiger partial charge on any atom is -0.423 e. The summed E-state index contributed by atoms with van der Waals surface area (Å²) in [4.78, 5) is 4.66. The van der Waals surface area contributed by atoms with Gasteiger partial charge >= 0.3 is 7.12 Å². The van der Waals surface area contributed by atoms with Crippen molar-refractivity contribution in [1.82, 2.24) is 9.80 Å². The first-order chi connectivity index (χ1) is 9.60. The van der Waals surface area contributed by atoms with Crippen LogP contribution in [0.1, 0.15) is 18.9 Å². The van der Waals surface area contributed by atoms with Crippen LogP contribution in [-0.4, -0.2) is 59.7 Å². The van der Waals surface area contributed by atoms with Gasteiger partial charge in [0.15, 0.2) is 0 Å². The molecule has 0 unspecified atom stereocenters. The molecule has 2 rings (SSSR count). The van der Waals surface area contributed by atoms with Gasteiger partial charge in [0.1, 0.15) is 5.82 Å². The summed E-state index contributed by atoms with van der Waals surface area (Å²) in [6, 6.07) is 4.41. The normalized spacial score (nSPS) is 17.4. The Morgan fingerprint density at radius 3 is 2.35 bits per heavy atom. The topological polar surface area (TPSA) is 46.9 Å². The summed E-state index contributed by atoms with van der Waals surface area (Å²) in [6.07, 6.45) is 1.17. The van der Waals surface area contributed by atoms with Gasteiger partial charge in [-0.05, 0) is 24.5 Å². The summed E-state index contributed by atoms with van der Waals surface area (Å²) in [5.74, 6) is -0.369. The summed E-state index contributed by atoms with van der Waals surface area (Å²) < 4.78 is 13.9. The molecule has 0 saturated carbocycles. The van der Waals surface area contributed by atoms with E-state index in [1.165, 1.54) is 12.5 Å². The molecule has 0 atom stereocenters. The van der Waals surface area contributed by atoms with Crippen molar-refractivity contribution in [2.45, 2.75) is 19.9 Å². The van der Waals surface area contributed by atoms with Gasteiger partial charge in [-0.1, -0.05) is 19.1 Å². The molecule has 1 fully saturated rings. The molecule has 1 aliphatic rings. The van der Waals surface area contributed by atoms with Crippen molar-refractivity contribution < 1.29 is 14.4 Å². The van der Waals surface area contributed by atoms with Crippen molar-refractivity contribution >= 4 is 12.6 Å². The molecule has 1 aromatic carbocycles. The predicted octanol–water partition coefficient (Wildman–Crippen LogP) is 0.0331. The molecule has 0 aliphatic carbocycles. The van der Waals surface area contributed by atoms with Crippen molar-refractivity contribution in [2.75, 3.05) is 32.7 Å². The summed E-state index contributed by atoms with van der Waals surface area (Å²) in [6.45, 7) is 7.84. The lowest BCUT2D eigenvalue weighted by Crippen LogP contribution is -2.46. The molecular weight excluding hydrogens is 258 g/mol. The first-order valence-electron chi connectivity index (χ1n) is 7.19. The average Bonchev–Trinajstić information content (AvgIpc) is 2.43. The fourth-order valence-electron chi connectivity index (χ4n) is 2.58. The van der Waals surface area contributed by atoms with Gasteiger partial charge in [-0.15, -0.1) is 0 Å². The highest BCUT2D eigenvalue weighted by Crippen LogP contribution is 2.11. The molecule has 20 heavy (non-hydrogen) atoms. The second kappa shape index (κ2) is 7.17. The van der Waals surface area contributed by atoms with E-state index >= 15 is 0 Å². The minimum absolute atomic E-state index is 0.194. The van der Waals surface area contributed by atoms with E-state index in [0.29, 0.717) is 12.1 Å². The van der Waals surface area contributed by atoms with Crippen molar-refractivity contribution in [3.8, 4) is 0 Å². The molecule has 1 heterocycles. The molecule has 110 valence electrons. The SMILES string of the molecule is CCCN1CCN(Cc2ccc(B(O)O)cc2F)CC1. The number of hydrogen-bond donors (Lipinski definition) is 2. The number of rotatable bonds is 5. The smallest absolute Gasteiger partial charge is 0.423 e. The summed E-state index contributed by atoms with van der Waals surface area (Å²) in [5, 5.41) is 18.0. The summed E-state index contributed by atoms with van der Waals surface area (Å²) >= 11 is 0. The lowest BCUT2D eigenvalue weighted by molar-refractivity contribution is 0.126. The van der Waals surface area contributed by atoms with Crippen molar-refractivity contribution in [3.63, 3.8) is 0 Å². The van der Waals surface area contributed by atoms with E-state index in [-0.39, 0.29) is 11.3 Å². The second-order valence-electron chi connectivity index (χ2n) is 5.34. The van der Waals surface area contributed by atoms with Gasteiger partial charge in [0.05, 0.1) is 0 Å². The van der Waals surface area contributed by atoms with Crippen molar-refractivity contribution in [2.24, 2.45) is 0 Å². The Bertz CT molecular complexity index is 437. The molecule has 0 amide bonds. The highest BCUT2D eigenvalue weighted by molar-refractivity contribution is 6.58. The van der Waals surface area contributed by atoms with Gasteiger partial charge in [-0.2, -0.15) is 0 Å². The van der Waals surface area contributed by atoms with E-state index in [9.17, 15) is 4.39 Å². The number of piperazine rings is 1. The Kier molecular flexibility index (Phi) is 5.54. The molecule has 0 bridgehead atoms. The fraction of sp³-hybridized carbons (Fsp3) is 0.571. The highest BCUT2D eigenvalue weighted by Gasteiger charge is 2.18. The van der Waals surface area contributed by atoms with E-state index in [1.807, 2.05) is 0 Å². The van der Waals surface area contributed by atoms with Gasteiger partial charge in [0.2, 0.25) is 0 Å². The van der Waals surface area contributed by atoms with Crippen molar-refractivity contribution in [1.29, 1.82) is 0 Å². The van der Waals surface area contributed by atoms with E-state index < -0.39 is 7.12 Å². The number of benzene rings is 1. The standard InChI is InChI=1S/C14H22BFN2O2/c1-2-5-17-6-8-18(9-7-17)11-12-3-4-13(15(19)20)10-14(12)16/h3-4,10,19-20H,2,5-9,11H2,1H3. The minimum atomic E-state index is -1.61. The predicted molar refractivity (Wildman–Crippen MR) is 78.2 cm³/mol. The first kappa shape index (κ1) is 15.4. The Morgan fingerprint density at radius 1 is 1.15 bits per heavy atom. The Morgan fingerprint density at radius 2 is 1.80 bits per heavy atom.